The third-order valence-corrected chi connectivity index (χ3v) is 4.98. The molecule has 3 aromatic heterocycles. The molecule has 0 bridgehead atoms. The van der Waals surface area contributed by atoms with Gasteiger partial charge in [0.05, 0.1) is 6.20 Å². The maximum absolute atomic E-state index is 12.7. The molecule has 5 rings (SSSR count). The molecule has 3 aromatic rings. The van der Waals surface area contributed by atoms with E-state index in [0.29, 0.717) is 18.6 Å². The van der Waals surface area contributed by atoms with E-state index >= 15 is 0 Å². The number of aromatic amines is 1. The van der Waals surface area contributed by atoms with Crippen molar-refractivity contribution in [3.63, 3.8) is 0 Å². The van der Waals surface area contributed by atoms with E-state index in [-0.39, 0.29) is 23.1 Å². The van der Waals surface area contributed by atoms with Crippen LogP contribution in [0, 0.1) is 0 Å². The lowest BCUT2D eigenvalue weighted by molar-refractivity contribution is 0.0621. The van der Waals surface area contributed by atoms with E-state index in [1.165, 1.54) is 28.2 Å². The van der Waals surface area contributed by atoms with E-state index in [0.717, 1.165) is 19.1 Å². The number of amides is 1. The summed E-state index contributed by atoms with van der Waals surface area (Å²) in [6.07, 6.45) is 5.73. The van der Waals surface area contributed by atoms with Crippen molar-refractivity contribution in [1.82, 2.24) is 39.4 Å². The molecular formula is C16H18N8O2. The van der Waals surface area contributed by atoms with Crippen LogP contribution < -0.4 is 5.56 Å². The molecule has 26 heavy (non-hydrogen) atoms. The molecule has 0 unspecified atom stereocenters. The summed E-state index contributed by atoms with van der Waals surface area (Å²) < 4.78 is 2.78. The normalized spacial score (nSPS) is 18.5. The molecule has 1 N–H and O–H groups in total. The summed E-state index contributed by atoms with van der Waals surface area (Å²) in [7, 11) is 0. The SMILES string of the molecule is O=C(c1cn(-c2nn3cccc3c(=O)[nH]2)nn1)N1CCN(C2CC2)CC1. The Labute approximate surface area is 148 Å². The average molecular weight is 354 g/mol. The van der Waals surface area contributed by atoms with Gasteiger partial charge in [0.25, 0.3) is 17.4 Å². The van der Waals surface area contributed by atoms with Crippen LogP contribution in [0.3, 0.4) is 0 Å². The molecule has 1 saturated heterocycles. The van der Waals surface area contributed by atoms with E-state index in [1.54, 1.807) is 23.2 Å². The second-order valence-electron chi connectivity index (χ2n) is 6.72. The molecule has 10 heteroatoms. The monoisotopic (exact) mass is 354 g/mol. The lowest BCUT2D eigenvalue weighted by Crippen LogP contribution is -2.49. The van der Waals surface area contributed by atoms with Gasteiger partial charge in [-0.05, 0) is 25.0 Å². The Kier molecular flexibility index (Phi) is 3.38. The number of nitrogens with one attached hydrogen (secondary N) is 1. The van der Waals surface area contributed by atoms with Crippen LogP contribution in [0.15, 0.2) is 29.3 Å². The highest BCUT2D eigenvalue weighted by Gasteiger charge is 2.33. The zero-order valence-electron chi connectivity index (χ0n) is 14.1. The number of H-pyrrole nitrogens is 1. The third-order valence-electron chi connectivity index (χ3n) is 4.98. The summed E-state index contributed by atoms with van der Waals surface area (Å²) in [5, 5.41) is 12.2. The molecule has 0 atom stereocenters. The molecule has 134 valence electrons. The standard InChI is InChI=1S/C16H18N8O2/c25-14-13-2-1-5-23(13)19-16(17-14)24-10-12(18-20-24)15(26)22-8-6-21(7-9-22)11-3-4-11/h1-2,5,10-11H,3-4,6-9H2,(H,17,19,25). The van der Waals surface area contributed by atoms with Crippen molar-refractivity contribution in [2.24, 2.45) is 0 Å². The van der Waals surface area contributed by atoms with Gasteiger partial charge in [0.15, 0.2) is 5.69 Å². The van der Waals surface area contributed by atoms with Gasteiger partial charge in [0.2, 0.25) is 0 Å². The predicted octanol–water partition coefficient (Wildman–Crippen LogP) is -0.476. The minimum absolute atomic E-state index is 0.143. The maximum atomic E-state index is 12.7. The van der Waals surface area contributed by atoms with Gasteiger partial charge in [-0.1, -0.05) is 5.21 Å². The first-order valence-electron chi connectivity index (χ1n) is 8.73. The predicted molar refractivity (Wildman–Crippen MR) is 91.2 cm³/mol. The van der Waals surface area contributed by atoms with Crippen LogP contribution in [-0.4, -0.2) is 77.5 Å². The first kappa shape index (κ1) is 15.3. The summed E-state index contributed by atoms with van der Waals surface area (Å²) in [4.78, 5) is 31.6. The summed E-state index contributed by atoms with van der Waals surface area (Å²) in [5.41, 5.74) is 0.415. The molecule has 1 saturated carbocycles. The van der Waals surface area contributed by atoms with Gasteiger partial charge < -0.3 is 4.90 Å². The number of hydrogen-bond acceptors (Lipinski definition) is 6. The van der Waals surface area contributed by atoms with Crippen molar-refractivity contribution in [3.8, 4) is 5.95 Å². The fourth-order valence-electron chi connectivity index (χ4n) is 3.39. The number of carbonyl (C=O) groups is 1. The first-order valence-corrected chi connectivity index (χ1v) is 8.73. The van der Waals surface area contributed by atoms with Crippen molar-refractivity contribution in [2.45, 2.75) is 18.9 Å². The van der Waals surface area contributed by atoms with E-state index in [2.05, 4.69) is 25.3 Å². The number of carbonyl (C=O) groups excluding carboxylic acids is 1. The highest BCUT2D eigenvalue weighted by Crippen LogP contribution is 2.27. The zero-order chi connectivity index (χ0) is 17.7. The highest BCUT2D eigenvalue weighted by atomic mass is 16.2. The molecule has 2 aliphatic rings. The number of nitrogens with zero attached hydrogens (tertiary/aromatic N) is 7. The Balaban J connectivity index is 1.35. The number of piperazine rings is 1. The van der Waals surface area contributed by atoms with Crippen molar-refractivity contribution in [1.29, 1.82) is 0 Å². The molecule has 1 aliphatic heterocycles. The zero-order valence-corrected chi connectivity index (χ0v) is 14.1. The van der Waals surface area contributed by atoms with Crippen LogP contribution in [0.1, 0.15) is 23.3 Å². The molecule has 0 aromatic carbocycles. The van der Waals surface area contributed by atoms with Crippen molar-refractivity contribution in [2.75, 3.05) is 26.2 Å². The lowest BCUT2D eigenvalue weighted by Gasteiger charge is -2.34. The summed E-state index contributed by atoms with van der Waals surface area (Å²) in [6.45, 7) is 3.21. The molecule has 2 fully saturated rings. The van der Waals surface area contributed by atoms with Crippen molar-refractivity contribution >= 4 is 11.4 Å². The first-order chi connectivity index (χ1) is 12.7. The third kappa shape index (κ3) is 2.58. The Bertz CT molecular complexity index is 1020. The van der Waals surface area contributed by atoms with Crippen LogP contribution >= 0.6 is 0 Å². The summed E-state index contributed by atoms with van der Waals surface area (Å²) in [5.74, 6) is 0.0693. The van der Waals surface area contributed by atoms with Gasteiger partial charge >= 0.3 is 0 Å². The Hall–Kier alpha value is -3.01. The number of rotatable bonds is 3. The van der Waals surface area contributed by atoms with Crippen LogP contribution in [0.4, 0.5) is 0 Å². The maximum Gasteiger partial charge on any atom is 0.276 e. The summed E-state index contributed by atoms with van der Waals surface area (Å²) >= 11 is 0. The fraction of sp³-hybridized carbons (Fsp3) is 0.438. The Morgan fingerprint density at radius 2 is 2.00 bits per heavy atom. The van der Waals surface area contributed by atoms with Gasteiger partial charge in [-0.15, -0.1) is 10.2 Å². The van der Waals surface area contributed by atoms with Gasteiger partial charge in [-0.2, -0.15) is 4.68 Å². The number of aromatic nitrogens is 6. The van der Waals surface area contributed by atoms with Gasteiger partial charge in [0.1, 0.15) is 5.52 Å². The Morgan fingerprint density at radius 3 is 2.77 bits per heavy atom. The number of hydrogen-bond donors (Lipinski definition) is 1. The van der Waals surface area contributed by atoms with E-state index in [1.807, 2.05) is 0 Å². The minimum atomic E-state index is -0.278. The van der Waals surface area contributed by atoms with Crippen LogP contribution in [-0.2, 0) is 0 Å². The largest absolute Gasteiger partial charge is 0.335 e. The van der Waals surface area contributed by atoms with Crippen LogP contribution in [0.2, 0.25) is 0 Å². The van der Waals surface area contributed by atoms with E-state index in [4.69, 9.17) is 0 Å². The smallest absolute Gasteiger partial charge is 0.276 e. The number of fused-ring (bicyclic) bond motifs is 1. The van der Waals surface area contributed by atoms with E-state index < -0.39 is 0 Å². The summed E-state index contributed by atoms with van der Waals surface area (Å²) in [6, 6.07) is 4.13. The quantitative estimate of drug-likeness (QED) is 0.681. The average Bonchev–Trinajstić information content (AvgIpc) is 3.18. The van der Waals surface area contributed by atoms with Gasteiger partial charge in [0, 0.05) is 38.4 Å². The molecule has 10 nitrogen and oxygen atoms in total. The van der Waals surface area contributed by atoms with Gasteiger partial charge in [-0.3, -0.25) is 19.5 Å². The van der Waals surface area contributed by atoms with E-state index in [9.17, 15) is 9.59 Å². The molecule has 0 spiro atoms. The highest BCUT2D eigenvalue weighted by molar-refractivity contribution is 5.92. The Morgan fingerprint density at radius 1 is 1.19 bits per heavy atom. The fourth-order valence-corrected chi connectivity index (χ4v) is 3.39. The van der Waals surface area contributed by atoms with Gasteiger partial charge in [-0.25, -0.2) is 4.52 Å². The topological polar surface area (TPSA) is 104 Å². The molecule has 1 aliphatic carbocycles. The minimum Gasteiger partial charge on any atom is -0.335 e. The van der Waals surface area contributed by atoms with Crippen molar-refractivity contribution < 1.29 is 4.79 Å². The molecule has 0 radical (unpaired) electrons. The van der Waals surface area contributed by atoms with Crippen molar-refractivity contribution in [3.05, 3.63) is 40.6 Å². The molecular weight excluding hydrogens is 336 g/mol. The second kappa shape index (κ2) is 5.77. The van der Waals surface area contributed by atoms with Crippen LogP contribution in [0.5, 0.6) is 0 Å². The molecule has 4 heterocycles. The lowest BCUT2D eigenvalue weighted by atomic mass is 10.3. The second-order valence-corrected chi connectivity index (χ2v) is 6.72. The van der Waals surface area contributed by atoms with Crippen LogP contribution in [0.25, 0.3) is 11.5 Å². The molecule has 1 amide bonds.